The summed E-state index contributed by atoms with van der Waals surface area (Å²) in [6.07, 6.45) is 9.17. The fourth-order valence-corrected chi connectivity index (χ4v) is 4.18. The molecule has 0 saturated carbocycles. The van der Waals surface area contributed by atoms with Crippen LogP contribution >= 0.6 is 0 Å². The number of hydrogen-bond acceptors (Lipinski definition) is 9. The van der Waals surface area contributed by atoms with Crippen molar-refractivity contribution in [1.29, 1.82) is 0 Å². The molecule has 0 saturated heterocycles. The van der Waals surface area contributed by atoms with Gasteiger partial charge in [-0.1, -0.05) is 25.5 Å². The molecule has 4 N–H and O–H groups in total. The number of nitrogens with zero attached hydrogens (tertiary/aromatic N) is 5. The number of unbranched alkanes of at least 4 members (excludes halogenated alkanes) is 3. The Morgan fingerprint density at radius 1 is 1.02 bits per heavy atom. The number of aromatic amines is 1. The maximum atomic E-state index is 13.2. The Morgan fingerprint density at radius 3 is 2.43 bits per heavy atom. The molecule has 2 rings (SSSR count). The van der Waals surface area contributed by atoms with Gasteiger partial charge in [-0.25, -0.2) is 9.78 Å². The zero-order valence-electron chi connectivity index (χ0n) is 25.3. The molecule has 14 heteroatoms. The van der Waals surface area contributed by atoms with Crippen LogP contribution in [0.3, 0.4) is 0 Å². The third kappa shape index (κ3) is 12.7. The van der Waals surface area contributed by atoms with Crippen molar-refractivity contribution in [3.05, 3.63) is 29.1 Å². The summed E-state index contributed by atoms with van der Waals surface area (Å²) in [5, 5.41) is 16.4. The van der Waals surface area contributed by atoms with Crippen molar-refractivity contribution in [2.45, 2.75) is 84.3 Å². The van der Waals surface area contributed by atoms with Gasteiger partial charge in [0.2, 0.25) is 17.7 Å². The first-order valence-corrected chi connectivity index (χ1v) is 14.4. The standard InChI is InChI=1S/C28H45N9O5/c1-19(2)25(27(41)32-22(11-8-10-13-36(4)5)26(40)29-15-20(3)38)33-24(39)12-7-6-9-14-37-18-23(34-35-37)21-16-30-28(42)31-17-21/h16-19,22,25H,6-15H2,1-5H3,(H,29,40)(H,32,41)(H,33,39)(H,30,31,42)/t22-,25-/m0/s1. The molecule has 0 radical (unpaired) electrons. The molecule has 0 aliphatic heterocycles. The van der Waals surface area contributed by atoms with Crippen molar-refractivity contribution in [3.8, 4) is 11.3 Å². The normalized spacial score (nSPS) is 12.6. The predicted molar refractivity (Wildman–Crippen MR) is 157 cm³/mol. The van der Waals surface area contributed by atoms with Crippen LogP contribution in [0.15, 0.2) is 23.4 Å². The predicted octanol–water partition coefficient (Wildman–Crippen LogP) is 0.652. The molecular weight excluding hydrogens is 542 g/mol. The van der Waals surface area contributed by atoms with E-state index < -0.39 is 29.6 Å². The maximum absolute atomic E-state index is 13.2. The Morgan fingerprint density at radius 2 is 1.79 bits per heavy atom. The van der Waals surface area contributed by atoms with Gasteiger partial charge in [0, 0.05) is 30.9 Å². The monoisotopic (exact) mass is 587 g/mol. The molecule has 0 bridgehead atoms. The lowest BCUT2D eigenvalue weighted by Gasteiger charge is -2.25. The van der Waals surface area contributed by atoms with Crippen LogP contribution in [0.4, 0.5) is 0 Å². The summed E-state index contributed by atoms with van der Waals surface area (Å²) in [6, 6.07) is -1.59. The Kier molecular flexibility index (Phi) is 14.5. The molecule has 0 aliphatic carbocycles. The van der Waals surface area contributed by atoms with E-state index in [4.69, 9.17) is 0 Å². The Bertz CT molecular complexity index is 1200. The van der Waals surface area contributed by atoms with Crippen LogP contribution in [0, 0.1) is 5.92 Å². The van der Waals surface area contributed by atoms with Gasteiger partial charge in [-0.2, -0.15) is 0 Å². The second kappa shape index (κ2) is 17.8. The fraction of sp³-hybridized carbons (Fsp3) is 0.643. The third-order valence-electron chi connectivity index (χ3n) is 6.56. The minimum absolute atomic E-state index is 0.0993. The minimum Gasteiger partial charge on any atom is -0.347 e. The van der Waals surface area contributed by atoms with E-state index in [1.165, 1.54) is 19.3 Å². The molecule has 2 aromatic rings. The zero-order valence-corrected chi connectivity index (χ0v) is 25.3. The van der Waals surface area contributed by atoms with Gasteiger partial charge in [-0.3, -0.25) is 23.9 Å². The van der Waals surface area contributed by atoms with Crippen LogP contribution < -0.4 is 21.6 Å². The van der Waals surface area contributed by atoms with Crippen molar-refractivity contribution >= 4 is 23.5 Å². The zero-order chi connectivity index (χ0) is 31.1. The highest BCUT2D eigenvalue weighted by Crippen LogP contribution is 2.13. The van der Waals surface area contributed by atoms with Gasteiger partial charge in [0.15, 0.2) is 0 Å². The maximum Gasteiger partial charge on any atom is 0.344 e. The first-order valence-electron chi connectivity index (χ1n) is 14.4. The Hall–Kier alpha value is -3.94. The second-order valence-electron chi connectivity index (χ2n) is 11.1. The molecule has 232 valence electrons. The number of amides is 3. The number of H-pyrrole nitrogens is 1. The molecule has 0 unspecified atom stereocenters. The molecule has 0 fully saturated rings. The molecule has 3 amide bonds. The third-order valence-corrected chi connectivity index (χ3v) is 6.56. The summed E-state index contributed by atoms with van der Waals surface area (Å²) >= 11 is 0. The summed E-state index contributed by atoms with van der Waals surface area (Å²) in [4.78, 5) is 69.2. The van der Waals surface area contributed by atoms with E-state index in [-0.39, 0.29) is 30.6 Å². The number of aromatic nitrogens is 5. The molecule has 0 aromatic carbocycles. The Balaban J connectivity index is 1.81. The molecule has 42 heavy (non-hydrogen) atoms. The van der Waals surface area contributed by atoms with Crippen LogP contribution in [0.5, 0.6) is 0 Å². The van der Waals surface area contributed by atoms with Crippen LogP contribution in [0.25, 0.3) is 11.3 Å². The molecule has 0 aliphatic rings. The van der Waals surface area contributed by atoms with Gasteiger partial charge >= 0.3 is 5.69 Å². The molecule has 2 heterocycles. The van der Waals surface area contributed by atoms with E-state index in [1.54, 1.807) is 10.9 Å². The summed E-state index contributed by atoms with van der Waals surface area (Å²) in [7, 11) is 3.94. The first kappa shape index (κ1) is 34.3. The quantitative estimate of drug-likeness (QED) is 0.171. The van der Waals surface area contributed by atoms with Crippen LogP contribution in [-0.2, 0) is 25.7 Å². The summed E-state index contributed by atoms with van der Waals surface area (Å²) in [5.74, 6) is -1.44. The average molecular weight is 588 g/mol. The fourth-order valence-electron chi connectivity index (χ4n) is 4.18. The number of Topliss-reactive ketones (excluding diaryl/α,β-unsaturated/α-hetero) is 1. The van der Waals surface area contributed by atoms with Crippen molar-refractivity contribution in [2.75, 3.05) is 27.2 Å². The van der Waals surface area contributed by atoms with E-state index in [2.05, 4.69) is 36.2 Å². The lowest BCUT2D eigenvalue weighted by Crippen LogP contribution is -2.55. The lowest BCUT2D eigenvalue weighted by atomic mass is 10.0. The van der Waals surface area contributed by atoms with E-state index in [9.17, 15) is 24.0 Å². The van der Waals surface area contributed by atoms with Crippen LogP contribution in [-0.4, -0.2) is 92.6 Å². The van der Waals surface area contributed by atoms with Crippen molar-refractivity contribution < 1.29 is 19.2 Å². The highest BCUT2D eigenvalue weighted by atomic mass is 16.2. The van der Waals surface area contributed by atoms with E-state index >= 15 is 0 Å². The number of hydrogen-bond donors (Lipinski definition) is 4. The summed E-state index contributed by atoms with van der Waals surface area (Å²) < 4.78 is 1.70. The van der Waals surface area contributed by atoms with Gasteiger partial charge in [0.1, 0.15) is 23.6 Å². The van der Waals surface area contributed by atoms with Gasteiger partial charge < -0.3 is 25.8 Å². The molecule has 14 nitrogen and oxygen atoms in total. The lowest BCUT2D eigenvalue weighted by molar-refractivity contribution is -0.133. The molecule has 2 atom stereocenters. The van der Waals surface area contributed by atoms with Crippen molar-refractivity contribution in [1.82, 2.24) is 45.8 Å². The van der Waals surface area contributed by atoms with Crippen molar-refractivity contribution in [3.63, 3.8) is 0 Å². The van der Waals surface area contributed by atoms with Gasteiger partial charge in [-0.05, 0) is 65.6 Å². The number of carbonyl (C=O) groups excluding carboxylic acids is 4. The van der Waals surface area contributed by atoms with E-state index in [0.717, 1.165) is 32.2 Å². The Labute approximate surface area is 246 Å². The molecule has 2 aromatic heterocycles. The van der Waals surface area contributed by atoms with Crippen molar-refractivity contribution in [2.24, 2.45) is 5.92 Å². The number of nitrogens with one attached hydrogen (secondary N) is 4. The average Bonchev–Trinajstić information content (AvgIpc) is 3.40. The van der Waals surface area contributed by atoms with E-state index in [0.29, 0.717) is 30.6 Å². The van der Waals surface area contributed by atoms with Gasteiger partial charge in [-0.15, -0.1) is 5.10 Å². The smallest absolute Gasteiger partial charge is 0.344 e. The van der Waals surface area contributed by atoms with Gasteiger partial charge in [0.25, 0.3) is 0 Å². The number of ketones is 1. The van der Waals surface area contributed by atoms with E-state index in [1.807, 2.05) is 32.8 Å². The summed E-state index contributed by atoms with van der Waals surface area (Å²) in [6.45, 7) is 6.43. The number of carbonyl (C=O) groups is 4. The summed E-state index contributed by atoms with van der Waals surface area (Å²) in [5.41, 5.74) is 0.830. The minimum atomic E-state index is -0.796. The first-order chi connectivity index (χ1) is 20.0. The second-order valence-corrected chi connectivity index (χ2v) is 11.1. The highest BCUT2D eigenvalue weighted by molar-refractivity contribution is 5.93. The molecular formula is C28H45N9O5. The molecule has 0 spiro atoms. The highest BCUT2D eigenvalue weighted by Gasteiger charge is 2.28. The number of aryl methyl sites for hydroxylation is 1. The van der Waals surface area contributed by atoms with Crippen LogP contribution in [0.1, 0.15) is 65.7 Å². The topological polar surface area (TPSA) is 184 Å². The largest absolute Gasteiger partial charge is 0.347 e. The SMILES string of the molecule is CC(=O)CNC(=O)[C@H](CCCCN(C)C)NC(=O)[C@@H](NC(=O)CCCCCn1cc(-c2cnc(=O)[nH]c2)nn1)C(C)C. The van der Waals surface area contributed by atoms with Gasteiger partial charge in [0.05, 0.1) is 12.7 Å². The van der Waals surface area contributed by atoms with Crippen LogP contribution in [0.2, 0.25) is 0 Å². The number of rotatable bonds is 19.